The van der Waals surface area contributed by atoms with E-state index in [9.17, 15) is 18.8 Å². The molecule has 2 aromatic rings. The Labute approximate surface area is 162 Å². The standard InChI is InChI=1S/C20H22FN3O4/c1-12(2)17(22-18(25)13-6-10-16(28-3)11-7-13)20(27)24-23-19(26)14-4-8-15(21)9-5-14/h4-12,17H,1-3H3,(H,22,25)(H,23,26)(H,24,27). The molecule has 7 nitrogen and oxygen atoms in total. The third kappa shape index (κ3) is 5.54. The van der Waals surface area contributed by atoms with Gasteiger partial charge in [0.25, 0.3) is 17.7 Å². The van der Waals surface area contributed by atoms with Crippen LogP contribution in [0.25, 0.3) is 0 Å². The zero-order valence-electron chi connectivity index (χ0n) is 15.8. The molecule has 0 aliphatic heterocycles. The molecule has 0 aliphatic carbocycles. The highest BCUT2D eigenvalue weighted by atomic mass is 19.1. The number of benzene rings is 2. The average molecular weight is 387 g/mol. The van der Waals surface area contributed by atoms with Crippen molar-refractivity contribution >= 4 is 17.7 Å². The number of hydrogen-bond donors (Lipinski definition) is 3. The summed E-state index contributed by atoms with van der Waals surface area (Å²) < 4.78 is 18.0. The van der Waals surface area contributed by atoms with Crippen molar-refractivity contribution in [2.45, 2.75) is 19.9 Å². The molecule has 8 heteroatoms. The number of nitrogens with one attached hydrogen (secondary N) is 3. The molecule has 1 unspecified atom stereocenters. The van der Waals surface area contributed by atoms with Crippen molar-refractivity contribution in [3.8, 4) is 5.75 Å². The van der Waals surface area contributed by atoms with E-state index < -0.39 is 29.6 Å². The highest BCUT2D eigenvalue weighted by Gasteiger charge is 2.25. The first kappa shape index (κ1) is 20.9. The molecule has 3 amide bonds. The maximum atomic E-state index is 12.9. The lowest BCUT2D eigenvalue weighted by Gasteiger charge is -2.22. The summed E-state index contributed by atoms with van der Waals surface area (Å²) in [6, 6.07) is 10.4. The Morgan fingerprint density at radius 3 is 1.93 bits per heavy atom. The van der Waals surface area contributed by atoms with Gasteiger partial charge >= 0.3 is 0 Å². The number of halogens is 1. The maximum absolute atomic E-state index is 12.9. The van der Waals surface area contributed by atoms with E-state index in [1.165, 1.54) is 19.2 Å². The number of methoxy groups -OCH3 is 1. The van der Waals surface area contributed by atoms with Crippen molar-refractivity contribution in [2.24, 2.45) is 5.92 Å². The van der Waals surface area contributed by atoms with E-state index in [2.05, 4.69) is 16.2 Å². The minimum absolute atomic E-state index is 0.185. The number of amides is 3. The van der Waals surface area contributed by atoms with Crippen molar-refractivity contribution in [3.63, 3.8) is 0 Å². The quantitative estimate of drug-likeness (QED) is 0.661. The Balaban J connectivity index is 1.97. The summed E-state index contributed by atoms with van der Waals surface area (Å²) in [6.45, 7) is 3.53. The van der Waals surface area contributed by atoms with Crippen LogP contribution in [0.2, 0.25) is 0 Å². The van der Waals surface area contributed by atoms with Crippen LogP contribution in [0.15, 0.2) is 48.5 Å². The van der Waals surface area contributed by atoms with Crippen LogP contribution < -0.4 is 20.9 Å². The van der Waals surface area contributed by atoms with Crippen LogP contribution in [0.1, 0.15) is 34.6 Å². The molecule has 3 N–H and O–H groups in total. The van der Waals surface area contributed by atoms with E-state index in [-0.39, 0.29) is 11.5 Å². The van der Waals surface area contributed by atoms with Gasteiger partial charge in [-0.05, 0) is 54.4 Å². The van der Waals surface area contributed by atoms with Gasteiger partial charge in [0.05, 0.1) is 7.11 Å². The lowest BCUT2D eigenvalue weighted by Crippen LogP contribution is -2.54. The molecule has 0 fully saturated rings. The van der Waals surface area contributed by atoms with E-state index in [0.717, 1.165) is 12.1 Å². The zero-order chi connectivity index (χ0) is 20.7. The van der Waals surface area contributed by atoms with Gasteiger partial charge < -0.3 is 10.1 Å². The fraction of sp³-hybridized carbons (Fsp3) is 0.250. The first-order valence-corrected chi connectivity index (χ1v) is 8.62. The summed E-state index contributed by atoms with van der Waals surface area (Å²) in [5.41, 5.74) is 5.09. The second-order valence-corrected chi connectivity index (χ2v) is 6.37. The van der Waals surface area contributed by atoms with Gasteiger partial charge in [-0.2, -0.15) is 0 Å². The number of carbonyl (C=O) groups is 3. The summed E-state index contributed by atoms with van der Waals surface area (Å²) in [5.74, 6) is -1.70. The Morgan fingerprint density at radius 2 is 1.39 bits per heavy atom. The lowest BCUT2D eigenvalue weighted by atomic mass is 10.0. The fourth-order valence-corrected chi connectivity index (χ4v) is 2.37. The zero-order valence-corrected chi connectivity index (χ0v) is 15.8. The van der Waals surface area contributed by atoms with Crippen LogP contribution in [0, 0.1) is 11.7 Å². The number of ether oxygens (including phenoxy) is 1. The molecular weight excluding hydrogens is 365 g/mol. The van der Waals surface area contributed by atoms with E-state index in [1.54, 1.807) is 38.1 Å². The van der Waals surface area contributed by atoms with Crippen LogP contribution in [-0.4, -0.2) is 30.9 Å². The van der Waals surface area contributed by atoms with Gasteiger partial charge in [0, 0.05) is 11.1 Å². The van der Waals surface area contributed by atoms with Crippen molar-refractivity contribution in [1.82, 2.24) is 16.2 Å². The number of hydrogen-bond acceptors (Lipinski definition) is 4. The van der Waals surface area contributed by atoms with Crippen LogP contribution in [0.3, 0.4) is 0 Å². The Bertz CT molecular complexity index is 836. The van der Waals surface area contributed by atoms with E-state index in [0.29, 0.717) is 11.3 Å². The van der Waals surface area contributed by atoms with Crippen molar-refractivity contribution < 1.29 is 23.5 Å². The van der Waals surface area contributed by atoms with E-state index >= 15 is 0 Å². The minimum Gasteiger partial charge on any atom is -0.497 e. The molecule has 0 bridgehead atoms. The Morgan fingerprint density at radius 1 is 0.857 bits per heavy atom. The van der Waals surface area contributed by atoms with Gasteiger partial charge in [0.1, 0.15) is 17.6 Å². The summed E-state index contributed by atoms with van der Waals surface area (Å²) in [5, 5.41) is 2.65. The Kier molecular flexibility index (Phi) is 7.08. The van der Waals surface area contributed by atoms with Crippen LogP contribution in [0.5, 0.6) is 5.75 Å². The molecule has 148 valence electrons. The number of hydrazine groups is 1. The fourth-order valence-electron chi connectivity index (χ4n) is 2.37. The SMILES string of the molecule is COc1ccc(C(=O)NC(C(=O)NNC(=O)c2ccc(F)cc2)C(C)C)cc1. The van der Waals surface area contributed by atoms with E-state index in [4.69, 9.17) is 4.74 Å². The smallest absolute Gasteiger partial charge is 0.269 e. The minimum atomic E-state index is -0.872. The van der Waals surface area contributed by atoms with Gasteiger partial charge in [-0.25, -0.2) is 4.39 Å². The lowest BCUT2D eigenvalue weighted by molar-refractivity contribution is -0.124. The number of rotatable bonds is 6. The van der Waals surface area contributed by atoms with Crippen LogP contribution in [-0.2, 0) is 4.79 Å². The van der Waals surface area contributed by atoms with Gasteiger partial charge in [0.2, 0.25) is 0 Å². The summed E-state index contributed by atoms with van der Waals surface area (Å²) in [7, 11) is 1.52. The first-order chi connectivity index (χ1) is 13.3. The van der Waals surface area contributed by atoms with E-state index in [1.807, 2.05) is 0 Å². The molecule has 2 aromatic carbocycles. The molecule has 0 spiro atoms. The molecule has 1 atom stereocenters. The molecule has 0 aliphatic rings. The molecule has 0 heterocycles. The average Bonchev–Trinajstić information content (AvgIpc) is 2.70. The topological polar surface area (TPSA) is 96.5 Å². The molecule has 0 saturated carbocycles. The molecule has 0 saturated heterocycles. The second kappa shape index (κ2) is 9.50. The normalized spacial score (nSPS) is 11.5. The number of carbonyl (C=O) groups excluding carboxylic acids is 3. The maximum Gasteiger partial charge on any atom is 0.269 e. The first-order valence-electron chi connectivity index (χ1n) is 8.62. The van der Waals surface area contributed by atoms with Crippen LogP contribution >= 0.6 is 0 Å². The monoisotopic (exact) mass is 387 g/mol. The molecule has 2 rings (SSSR count). The molecule has 28 heavy (non-hydrogen) atoms. The van der Waals surface area contributed by atoms with Gasteiger partial charge in [-0.3, -0.25) is 25.2 Å². The van der Waals surface area contributed by atoms with Gasteiger partial charge in [-0.15, -0.1) is 0 Å². The van der Waals surface area contributed by atoms with Crippen LogP contribution in [0.4, 0.5) is 4.39 Å². The second-order valence-electron chi connectivity index (χ2n) is 6.37. The predicted octanol–water partition coefficient (Wildman–Crippen LogP) is 2.05. The molecule has 0 radical (unpaired) electrons. The molecule has 0 aromatic heterocycles. The predicted molar refractivity (Wildman–Crippen MR) is 101 cm³/mol. The van der Waals surface area contributed by atoms with Gasteiger partial charge in [0.15, 0.2) is 0 Å². The summed E-state index contributed by atoms with van der Waals surface area (Å²) in [4.78, 5) is 36.8. The third-order valence-electron chi connectivity index (χ3n) is 3.99. The van der Waals surface area contributed by atoms with Crippen molar-refractivity contribution in [2.75, 3.05) is 7.11 Å². The molecular formula is C20H22FN3O4. The van der Waals surface area contributed by atoms with Crippen molar-refractivity contribution in [1.29, 1.82) is 0 Å². The Hall–Kier alpha value is -3.42. The largest absolute Gasteiger partial charge is 0.497 e. The third-order valence-corrected chi connectivity index (χ3v) is 3.99. The van der Waals surface area contributed by atoms with Crippen molar-refractivity contribution in [3.05, 3.63) is 65.5 Å². The van der Waals surface area contributed by atoms with Gasteiger partial charge in [-0.1, -0.05) is 13.8 Å². The highest BCUT2D eigenvalue weighted by Crippen LogP contribution is 2.12. The summed E-state index contributed by atoms with van der Waals surface area (Å²) in [6.07, 6.45) is 0. The highest BCUT2D eigenvalue weighted by molar-refractivity contribution is 5.99. The summed E-state index contributed by atoms with van der Waals surface area (Å²) >= 11 is 0.